The van der Waals surface area contributed by atoms with Crippen molar-refractivity contribution in [1.29, 1.82) is 0 Å². The Hall–Kier alpha value is -3.43. The molecule has 0 aliphatic heterocycles. The van der Waals surface area contributed by atoms with Crippen molar-refractivity contribution in [2.24, 2.45) is 0 Å². The molecule has 0 aliphatic rings. The Morgan fingerprint density at radius 1 is 1.03 bits per heavy atom. The molecule has 0 unspecified atom stereocenters. The van der Waals surface area contributed by atoms with Crippen LogP contribution in [0, 0.1) is 0 Å². The van der Waals surface area contributed by atoms with E-state index in [9.17, 15) is 18.0 Å². The standard InChI is InChI=1S/C24H23N3O4S2/c1-3-27-21-14-13-18(15-22(21)32-24(27)29)33(30,31)26-20-12-8-7-11-19(20)23(28)25-16(2)17-9-5-4-6-10-17/h4-16,26H,3H2,1-2H3,(H,25,28)/t16-/m0/s1. The summed E-state index contributed by atoms with van der Waals surface area (Å²) in [6.07, 6.45) is 0. The number of aryl methyl sites for hydroxylation is 1. The van der Waals surface area contributed by atoms with E-state index in [2.05, 4.69) is 10.0 Å². The van der Waals surface area contributed by atoms with Crippen LogP contribution in [0.25, 0.3) is 10.2 Å². The number of aromatic nitrogens is 1. The van der Waals surface area contributed by atoms with Gasteiger partial charge in [-0.25, -0.2) is 8.42 Å². The molecular weight excluding hydrogens is 458 g/mol. The molecule has 1 amide bonds. The molecule has 0 saturated heterocycles. The van der Waals surface area contributed by atoms with Crippen LogP contribution >= 0.6 is 11.3 Å². The number of nitrogens with one attached hydrogen (secondary N) is 2. The lowest BCUT2D eigenvalue weighted by atomic mass is 10.1. The van der Waals surface area contributed by atoms with E-state index in [1.807, 2.05) is 44.2 Å². The van der Waals surface area contributed by atoms with E-state index in [0.29, 0.717) is 16.8 Å². The summed E-state index contributed by atoms with van der Waals surface area (Å²) >= 11 is 1.00. The van der Waals surface area contributed by atoms with Gasteiger partial charge in [0.15, 0.2) is 0 Å². The van der Waals surface area contributed by atoms with E-state index in [0.717, 1.165) is 16.9 Å². The van der Waals surface area contributed by atoms with Crippen LogP contribution in [0.1, 0.15) is 35.8 Å². The van der Waals surface area contributed by atoms with Crippen molar-refractivity contribution in [1.82, 2.24) is 9.88 Å². The van der Waals surface area contributed by atoms with Crippen molar-refractivity contribution in [3.63, 3.8) is 0 Å². The van der Waals surface area contributed by atoms with Gasteiger partial charge < -0.3 is 5.32 Å². The van der Waals surface area contributed by atoms with Crippen LogP contribution in [0.3, 0.4) is 0 Å². The number of benzene rings is 3. The van der Waals surface area contributed by atoms with E-state index < -0.39 is 15.9 Å². The Morgan fingerprint density at radius 2 is 1.73 bits per heavy atom. The van der Waals surface area contributed by atoms with Gasteiger partial charge in [0.05, 0.1) is 32.4 Å². The normalized spacial score (nSPS) is 12.4. The van der Waals surface area contributed by atoms with Crippen LogP contribution in [0.5, 0.6) is 0 Å². The molecule has 1 aromatic heterocycles. The highest BCUT2D eigenvalue weighted by molar-refractivity contribution is 7.92. The smallest absolute Gasteiger partial charge is 0.308 e. The zero-order valence-electron chi connectivity index (χ0n) is 18.1. The third kappa shape index (κ3) is 4.69. The van der Waals surface area contributed by atoms with Crippen LogP contribution in [0.4, 0.5) is 5.69 Å². The molecule has 1 heterocycles. The lowest BCUT2D eigenvalue weighted by molar-refractivity contribution is 0.0941. The van der Waals surface area contributed by atoms with Crippen molar-refractivity contribution in [2.45, 2.75) is 31.3 Å². The third-order valence-corrected chi connectivity index (χ3v) is 7.63. The second kappa shape index (κ2) is 9.21. The SMILES string of the molecule is CCn1c(=O)sc2cc(S(=O)(=O)Nc3ccccc3C(=O)N[C@@H](C)c3ccccc3)ccc21. The van der Waals surface area contributed by atoms with Crippen LogP contribution in [0.15, 0.2) is 82.5 Å². The third-order valence-electron chi connectivity index (χ3n) is 5.33. The van der Waals surface area contributed by atoms with Gasteiger partial charge >= 0.3 is 4.87 Å². The van der Waals surface area contributed by atoms with Crippen molar-refractivity contribution in [3.05, 3.63) is 93.6 Å². The van der Waals surface area contributed by atoms with Gasteiger partial charge in [0.1, 0.15) is 0 Å². The zero-order chi connectivity index (χ0) is 23.6. The highest BCUT2D eigenvalue weighted by Crippen LogP contribution is 2.25. The van der Waals surface area contributed by atoms with Crippen LogP contribution < -0.4 is 14.9 Å². The fraction of sp³-hybridized carbons (Fsp3) is 0.167. The van der Waals surface area contributed by atoms with E-state index in [1.165, 1.54) is 12.1 Å². The van der Waals surface area contributed by atoms with Crippen molar-refractivity contribution < 1.29 is 13.2 Å². The Kier molecular flexibility index (Phi) is 6.35. The van der Waals surface area contributed by atoms with Crippen molar-refractivity contribution in [3.8, 4) is 0 Å². The summed E-state index contributed by atoms with van der Waals surface area (Å²) in [6, 6.07) is 20.3. The number of hydrogen-bond donors (Lipinski definition) is 2. The molecular formula is C24H23N3O4S2. The highest BCUT2D eigenvalue weighted by atomic mass is 32.2. The highest BCUT2D eigenvalue weighted by Gasteiger charge is 2.21. The summed E-state index contributed by atoms with van der Waals surface area (Å²) < 4.78 is 30.9. The molecule has 0 spiro atoms. The van der Waals surface area contributed by atoms with E-state index >= 15 is 0 Å². The average molecular weight is 482 g/mol. The van der Waals surface area contributed by atoms with Gasteiger partial charge in [0.2, 0.25) is 0 Å². The molecule has 0 bridgehead atoms. The van der Waals surface area contributed by atoms with E-state index in [4.69, 9.17) is 0 Å². The predicted molar refractivity (Wildman–Crippen MR) is 131 cm³/mol. The Labute approximate surface area is 195 Å². The largest absolute Gasteiger partial charge is 0.345 e. The molecule has 170 valence electrons. The van der Waals surface area contributed by atoms with Gasteiger partial charge in [-0.1, -0.05) is 53.8 Å². The topological polar surface area (TPSA) is 97.3 Å². The van der Waals surface area contributed by atoms with Crippen LogP contribution in [-0.2, 0) is 16.6 Å². The first kappa shape index (κ1) is 22.8. The minimum Gasteiger partial charge on any atom is -0.345 e. The van der Waals surface area contributed by atoms with Crippen LogP contribution in [0.2, 0.25) is 0 Å². The maximum absolute atomic E-state index is 13.1. The first-order chi connectivity index (χ1) is 15.8. The summed E-state index contributed by atoms with van der Waals surface area (Å²) in [5.74, 6) is -0.390. The second-order valence-corrected chi connectivity index (χ2v) is 10.2. The Bertz CT molecular complexity index is 1470. The number of thiazole rings is 1. The molecule has 0 radical (unpaired) electrons. The van der Waals surface area contributed by atoms with E-state index in [1.54, 1.807) is 34.9 Å². The number of sulfonamides is 1. The molecule has 9 heteroatoms. The molecule has 3 aromatic carbocycles. The van der Waals surface area contributed by atoms with Gasteiger partial charge in [-0.15, -0.1) is 0 Å². The molecule has 0 saturated carbocycles. The molecule has 33 heavy (non-hydrogen) atoms. The monoisotopic (exact) mass is 481 g/mol. The number of rotatable bonds is 7. The molecule has 0 aliphatic carbocycles. The fourth-order valence-corrected chi connectivity index (χ4v) is 5.76. The van der Waals surface area contributed by atoms with E-state index in [-0.39, 0.29) is 27.1 Å². The number of carbonyl (C=O) groups excluding carboxylic acids is 1. The quantitative estimate of drug-likeness (QED) is 0.409. The molecule has 4 aromatic rings. The number of para-hydroxylation sites is 1. The average Bonchev–Trinajstić information content (AvgIpc) is 3.13. The van der Waals surface area contributed by atoms with Gasteiger partial charge in [0, 0.05) is 6.54 Å². The number of nitrogens with zero attached hydrogens (tertiary/aromatic N) is 1. The van der Waals surface area contributed by atoms with Crippen LogP contribution in [-0.4, -0.2) is 18.9 Å². The minimum atomic E-state index is -3.99. The molecule has 2 N–H and O–H groups in total. The van der Waals surface area contributed by atoms with Crippen molar-refractivity contribution >= 4 is 43.2 Å². The number of hydrogen-bond acceptors (Lipinski definition) is 5. The first-order valence-corrected chi connectivity index (χ1v) is 12.7. The zero-order valence-corrected chi connectivity index (χ0v) is 19.7. The Morgan fingerprint density at radius 3 is 2.45 bits per heavy atom. The predicted octanol–water partition coefficient (Wildman–Crippen LogP) is 4.37. The summed E-state index contributed by atoms with van der Waals surface area (Å²) in [6.45, 7) is 4.23. The lowest BCUT2D eigenvalue weighted by Gasteiger charge is -2.17. The number of carbonyl (C=O) groups is 1. The maximum Gasteiger partial charge on any atom is 0.308 e. The summed E-state index contributed by atoms with van der Waals surface area (Å²) in [4.78, 5) is 24.9. The molecule has 1 atom stereocenters. The molecule has 7 nitrogen and oxygen atoms in total. The second-order valence-electron chi connectivity index (χ2n) is 7.50. The Balaban J connectivity index is 1.61. The van der Waals surface area contributed by atoms with Gasteiger partial charge in [-0.05, 0) is 49.7 Å². The maximum atomic E-state index is 13.1. The van der Waals surface area contributed by atoms with Gasteiger partial charge in [-0.3, -0.25) is 18.9 Å². The summed E-state index contributed by atoms with van der Waals surface area (Å²) in [5, 5.41) is 2.91. The molecule has 4 rings (SSSR count). The number of fused-ring (bicyclic) bond motifs is 1. The summed E-state index contributed by atoms with van der Waals surface area (Å²) in [7, 11) is -3.99. The minimum absolute atomic E-state index is 0.0207. The van der Waals surface area contributed by atoms with Gasteiger partial charge in [0.25, 0.3) is 15.9 Å². The fourth-order valence-electron chi connectivity index (χ4n) is 3.59. The molecule has 0 fully saturated rings. The van der Waals surface area contributed by atoms with Gasteiger partial charge in [-0.2, -0.15) is 0 Å². The summed E-state index contributed by atoms with van der Waals surface area (Å²) in [5.41, 5.74) is 2.03. The first-order valence-electron chi connectivity index (χ1n) is 10.4. The number of anilines is 1. The number of amides is 1. The lowest BCUT2D eigenvalue weighted by Crippen LogP contribution is -2.28. The van der Waals surface area contributed by atoms with Crippen molar-refractivity contribution in [2.75, 3.05) is 4.72 Å².